The van der Waals surface area contributed by atoms with Gasteiger partial charge in [0.05, 0.1) is 0 Å². The van der Waals surface area contributed by atoms with Gasteiger partial charge in [0.1, 0.15) is 12.4 Å². The predicted molar refractivity (Wildman–Crippen MR) is 136 cm³/mol. The summed E-state index contributed by atoms with van der Waals surface area (Å²) in [6.07, 6.45) is 16.8. The summed E-state index contributed by atoms with van der Waals surface area (Å²) < 4.78 is 4.58. The minimum Gasteiger partial charge on any atom is -0.461 e. The number of fused-ring (bicyclic) bond motifs is 5. The minimum atomic E-state index is -0.176. The van der Waals surface area contributed by atoms with Crippen molar-refractivity contribution in [3.05, 3.63) is 12.7 Å². The lowest BCUT2D eigenvalue weighted by molar-refractivity contribution is -0.142. The van der Waals surface area contributed by atoms with Gasteiger partial charge in [-0.3, -0.25) is 9.59 Å². The Morgan fingerprint density at radius 2 is 1.85 bits per heavy atom. The predicted octanol–water partition coefficient (Wildman–Crippen LogP) is 7.78. The number of ether oxygens (including phenoxy) is 1. The Balaban J connectivity index is 0.000000331. The number of hydrogen-bond acceptors (Lipinski definition) is 3. The van der Waals surface area contributed by atoms with Crippen LogP contribution in [0.3, 0.4) is 0 Å². The summed E-state index contributed by atoms with van der Waals surface area (Å²) in [6, 6.07) is 0. The van der Waals surface area contributed by atoms with E-state index < -0.39 is 0 Å². The second kappa shape index (κ2) is 11.1. The van der Waals surface area contributed by atoms with E-state index in [2.05, 4.69) is 39.0 Å². The highest BCUT2D eigenvalue weighted by Crippen LogP contribution is 2.67. The lowest BCUT2D eigenvalue weighted by atomic mass is 9.44. The number of carbonyl (C=O) groups is 2. The first-order valence-corrected chi connectivity index (χ1v) is 14.0. The summed E-state index contributed by atoms with van der Waals surface area (Å²) in [5.41, 5.74) is 0.906. The van der Waals surface area contributed by atoms with E-state index in [1.165, 1.54) is 64.2 Å². The number of hydrogen-bond donors (Lipinski definition) is 0. The first-order chi connectivity index (χ1) is 15.7. The SMILES string of the molecule is C=CCOC(=O)CC.CCC[C@@H](C)[C@H]1C(=O)C[C@H]2[C@@H]3CCC4CCCC[C@]4(C)[C@H]3CC[C@]12C. The smallest absolute Gasteiger partial charge is 0.305 e. The number of rotatable bonds is 6. The van der Waals surface area contributed by atoms with Gasteiger partial charge in [-0.1, -0.05) is 73.0 Å². The van der Waals surface area contributed by atoms with Crippen LogP contribution >= 0.6 is 0 Å². The van der Waals surface area contributed by atoms with Gasteiger partial charge in [0, 0.05) is 18.8 Å². The van der Waals surface area contributed by atoms with Gasteiger partial charge in [-0.25, -0.2) is 0 Å². The first kappa shape index (κ1) is 26.5. The summed E-state index contributed by atoms with van der Waals surface area (Å²) in [7, 11) is 0. The van der Waals surface area contributed by atoms with Gasteiger partial charge in [-0.15, -0.1) is 0 Å². The van der Waals surface area contributed by atoms with Crippen molar-refractivity contribution < 1.29 is 14.3 Å². The summed E-state index contributed by atoms with van der Waals surface area (Å²) >= 11 is 0. The second-order valence-electron chi connectivity index (χ2n) is 12.2. The topological polar surface area (TPSA) is 43.4 Å². The fourth-order valence-corrected chi connectivity index (χ4v) is 8.97. The van der Waals surface area contributed by atoms with Gasteiger partial charge >= 0.3 is 5.97 Å². The maximum atomic E-state index is 13.1. The molecule has 0 aromatic carbocycles. The monoisotopic (exact) mass is 458 g/mol. The van der Waals surface area contributed by atoms with Crippen LogP contribution in [-0.4, -0.2) is 18.4 Å². The van der Waals surface area contributed by atoms with Crippen LogP contribution in [0.1, 0.15) is 112 Å². The van der Waals surface area contributed by atoms with E-state index in [4.69, 9.17) is 0 Å². The molecule has 0 N–H and O–H groups in total. The Labute approximate surface area is 203 Å². The molecule has 188 valence electrons. The highest BCUT2D eigenvalue weighted by atomic mass is 16.5. The molecule has 0 radical (unpaired) electrons. The van der Waals surface area contributed by atoms with E-state index in [0.717, 1.165) is 24.2 Å². The average molecular weight is 459 g/mol. The van der Waals surface area contributed by atoms with E-state index in [1.807, 2.05) is 0 Å². The van der Waals surface area contributed by atoms with Gasteiger partial charge in [-0.2, -0.15) is 0 Å². The van der Waals surface area contributed by atoms with Crippen LogP contribution in [0.25, 0.3) is 0 Å². The molecule has 0 aliphatic heterocycles. The molecule has 33 heavy (non-hydrogen) atoms. The van der Waals surface area contributed by atoms with Crippen LogP contribution in [0.5, 0.6) is 0 Å². The van der Waals surface area contributed by atoms with Crippen molar-refractivity contribution in [2.75, 3.05) is 6.61 Å². The summed E-state index contributed by atoms with van der Waals surface area (Å²) in [5.74, 6) is 4.84. The zero-order chi connectivity index (χ0) is 24.2. The number of carbonyl (C=O) groups excluding carboxylic acids is 2. The van der Waals surface area contributed by atoms with E-state index in [0.29, 0.717) is 47.4 Å². The Morgan fingerprint density at radius 1 is 1.09 bits per heavy atom. The molecule has 0 spiro atoms. The normalized spacial score (nSPS) is 40.4. The fourth-order valence-electron chi connectivity index (χ4n) is 8.97. The minimum absolute atomic E-state index is 0.176. The summed E-state index contributed by atoms with van der Waals surface area (Å²) in [6.45, 7) is 15.3. The van der Waals surface area contributed by atoms with Crippen molar-refractivity contribution in [2.24, 2.45) is 46.3 Å². The lowest BCUT2D eigenvalue weighted by Gasteiger charge is -2.60. The van der Waals surface area contributed by atoms with Crippen LogP contribution < -0.4 is 0 Å². The molecule has 3 heteroatoms. The molecule has 3 nitrogen and oxygen atoms in total. The highest BCUT2D eigenvalue weighted by Gasteiger charge is 2.62. The third kappa shape index (κ3) is 5.13. The van der Waals surface area contributed by atoms with Gasteiger partial charge < -0.3 is 4.74 Å². The van der Waals surface area contributed by atoms with Crippen molar-refractivity contribution in [2.45, 2.75) is 112 Å². The van der Waals surface area contributed by atoms with Crippen LogP contribution in [0.4, 0.5) is 0 Å². The van der Waals surface area contributed by atoms with Gasteiger partial charge in [0.2, 0.25) is 0 Å². The van der Waals surface area contributed by atoms with E-state index in [-0.39, 0.29) is 5.97 Å². The zero-order valence-corrected chi connectivity index (χ0v) is 22.2. The molecule has 0 heterocycles. The molecule has 0 aromatic rings. The second-order valence-corrected chi connectivity index (χ2v) is 12.2. The lowest BCUT2D eigenvalue weighted by Crippen LogP contribution is -2.53. The van der Waals surface area contributed by atoms with Gasteiger partial charge in [-0.05, 0) is 78.9 Å². The standard InChI is InChI=1S/C24H40O.C6H10O2/c1-5-8-16(2)22-21(25)15-20-18-11-10-17-9-6-7-13-23(17,3)19(18)12-14-24(20,22)4;1-3-5-8-6(7)4-2/h16-20,22H,5-15H2,1-4H3;3H,1,4-5H2,2H3/t16-,17?,18-,19+,20+,22+,23+,24+;/m1./s1. The van der Waals surface area contributed by atoms with Crippen LogP contribution in [0, 0.1) is 46.3 Å². The van der Waals surface area contributed by atoms with Crippen LogP contribution in [-0.2, 0) is 14.3 Å². The van der Waals surface area contributed by atoms with Crippen molar-refractivity contribution in [1.82, 2.24) is 0 Å². The van der Waals surface area contributed by atoms with Crippen LogP contribution in [0.2, 0.25) is 0 Å². The van der Waals surface area contributed by atoms with Gasteiger partial charge in [0.15, 0.2) is 0 Å². The Hall–Kier alpha value is -1.12. The van der Waals surface area contributed by atoms with Gasteiger partial charge in [0.25, 0.3) is 0 Å². The third-order valence-corrected chi connectivity index (χ3v) is 10.5. The largest absolute Gasteiger partial charge is 0.461 e. The quantitative estimate of drug-likeness (QED) is 0.301. The summed E-state index contributed by atoms with van der Waals surface area (Å²) in [5, 5.41) is 0. The molecular formula is C30H50O3. The van der Waals surface area contributed by atoms with E-state index in [1.54, 1.807) is 13.0 Å². The Bertz CT molecular complexity index is 699. The van der Waals surface area contributed by atoms with Crippen molar-refractivity contribution in [3.63, 3.8) is 0 Å². The van der Waals surface area contributed by atoms with Crippen molar-refractivity contribution in [1.29, 1.82) is 0 Å². The number of ketones is 1. The Kier molecular flexibility index (Phi) is 8.89. The molecule has 1 unspecified atom stereocenters. The highest BCUT2D eigenvalue weighted by molar-refractivity contribution is 5.85. The molecule has 4 fully saturated rings. The molecule has 4 aliphatic rings. The number of Topliss-reactive ketones (excluding diaryl/α,β-unsaturated/α-hetero) is 1. The first-order valence-electron chi connectivity index (χ1n) is 14.0. The zero-order valence-electron chi connectivity index (χ0n) is 22.2. The summed E-state index contributed by atoms with van der Waals surface area (Å²) in [4.78, 5) is 23.4. The molecule has 0 aromatic heterocycles. The average Bonchev–Trinajstić information content (AvgIpc) is 3.07. The molecule has 4 saturated carbocycles. The maximum absolute atomic E-state index is 13.1. The molecular weight excluding hydrogens is 408 g/mol. The molecule has 4 rings (SSSR count). The van der Waals surface area contributed by atoms with Crippen LogP contribution in [0.15, 0.2) is 12.7 Å². The van der Waals surface area contributed by atoms with E-state index >= 15 is 0 Å². The third-order valence-electron chi connectivity index (χ3n) is 10.5. The molecule has 0 saturated heterocycles. The Morgan fingerprint density at radius 3 is 2.52 bits per heavy atom. The molecule has 0 bridgehead atoms. The van der Waals surface area contributed by atoms with Crippen molar-refractivity contribution >= 4 is 11.8 Å². The van der Waals surface area contributed by atoms with E-state index in [9.17, 15) is 9.59 Å². The van der Waals surface area contributed by atoms with Crippen molar-refractivity contribution in [3.8, 4) is 0 Å². The molecule has 0 amide bonds. The number of esters is 1. The molecule has 4 aliphatic carbocycles. The maximum Gasteiger partial charge on any atom is 0.305 e. The fraction of sp³-hybridized carbons (Fsp3) is 0.867. The molecule has 8 atom stereocenters.